The van der Waals surface area contributed by atoms with Crippen LogP contribution in [-0.4, -0.2) is 23.8 Å². The molecule has 0 bridgehead atoms. The summed E-state index contributed by atoms with van der Waals surface area (Å²) in [5.41, 5.74) is 0. The molecule has 0 saturated heterocycles. The fourth-order valence-corrected chi connectivity index (χ4v) is 8.76. The molecular formula is C17H38BNO2Si2. The number of nitriles is 1. The molecule has 0 unspecified atom stereocenters. The van der Waals surface area contributed by atoms with Gasteiger partial charge in [0.05, 0.1) is 6.07 Å². The second-order valence-electron chi connectivity index (χ2n) is 6.56. The molecule has 0 aromatic heterocycles. The van der Waals surface area contributed by atoms with E-state index in [1.807, 2.05) is 0 Å². The highest BCUT2D eigenvalue weighted by atomic mass is 28.4. The molecule has 0 rings (SSSR count). The first kappa shape index (κ1) is 22.9. The lowest BCUT2D eigenvalue weighted by Crippen LogP contribution is -2.49. The van der Waals surface area contributed by atoms with Crippen LogP contribution >= 0.6 is 0 Å². The zero-order chi connectivity index (χ0) is 17.8. The Morgan fingerprint density at radius 1 is 0.739 bits per heavy atom. The summed E-state index contributed by atoms with van der Waals surface area (Å²) >= 11 is 0. The minimum atomic E-state index is -1.65. The van der Waals surface area contributed by atoms with Crippen molar-refractivity contribution in [3.8, 4) is 6.07 Å². The average Bonchev–Trinajstić information content (AvgIpc) is 2.61. The Labute approximate surface area is 147 Å². The summed E-state index contributed by atoms with van der Waals surface area (Å²) in [4.78, 5) is 0. The molecule has 0 aliphatic rings. The van der Waals surface area contributed by atoms with E-state index < -0.39 is 16.6 Å². The molecule has 0 fully saturated rings. The van der Waals surface area contributed by atoms with E-state index in [0.717, 1.165) is 55.4 Å². The van der Waals surface area contributed by atoms with Gasteiger partial charge in [0.1, 0.15) is 0 Å². The number of unbranched alkanes of at least 4 members (excludes halogenated alkanes) is 2. The quantitative estimate of drug-likeness (QED) is 0.275. The predicted molar refractivity (Wildman–Crippen MR) is 107 cm³/mol. The van der Waals surface area contributed by atoms with E-state index in [0.29, 0.717) is 6.42 Å². The Bertz CT molecular complexity index is 303. The number of hydrogen-bond donors (Lipinski definition) is 0. The molecule has 23 heavy (non-hydrogen) atoms. The monoisotopic (exact) mass is 355 g/mol. The third-order valence-corrected chi connectivity index (χ3v) is 14.9. The molecule has 0 N–H and O–H groups in total. The highest BCUT2D eigenvalue weighted by molar-refractivity contribution is 6.83. The third kappa shape index (κ3) is 7.55. The molecule has 6 heteroatoms. The van der Waals surface area contributed by atoms with Gasteiger partial charge in [-0.25, -0.2) is 0 Å². The highest BCUT2D eigenvalue weighted by Gasteiger charge is 2.39. The highest BCUT2D eigenvalue weighted by Crippen LogP contribution is 2.29. The van der Waals surface area contributed by atoms with Crippen molar-refractivity contribution in [1.82, 2.24) is 0 Å². The van der Waals surface area contributed by atoms with Crippen LogP contribution in [-0.2, 0) is 8.69 Å². The van der Waals surface area contributed by atoms with E-state index in [2.05, 4.69) is 47.6 Å². The molecule has 0 aliphatic carbocycles. The Kier molecular flexibility index (Phi) is 12.2. The lowest BCUT2D eigenvalue weighted by atomic mass is 9.83. The van der Waals surface area contributed by atoms with Gasteiger partial charge in [0.25, 0.3) is 0 Å². The minimum Gasteiger partial charge on any atom is -0.453 e. The van der Waals surface area contributed by atoms with Crippen LogP contribution in [0.2, 0.25) is 42.6 Å². The zero-order valence-corrected chi connectivity index (χ0v) is 18.4. The van der Waals surface area contributed by atoms with E-state index >= 15 is 0 Å². The lowest BCUT2D eigenvalue weighted by Gasteiger charge is -2.37. The summed E-state index contributed by atoms with van der Waals surface area (Å²) in [6.07, 6.45) is 3.58. The van der Waals surface area contributed by atoms with Gasteiger partial charge in [-0.3, -0.25) is 0 Å². The first-order valence-electron chi connectivity index (χ1n) is 9.73. The number of rotatable bonds is 14. The lowest BCUT2D eigenvalue weighted by molar-refractivity contribution is 0.396. The van der Waals surface area contributed by atoms with Crippen molar-refractivity contribution in [2.75, 3.05) is 0 Å². The molecule has 0 aliphatic heterocycles. The van der Waals surface area contributed by atoms with Gasteiger partial charge in [0, 0.05) is 6.42 Å². The molecule has 0 aromatic carbocycles. The van der Waals surface area contributed by atoms with Crippen LogP contribution < -0.4 is 0 Å². The number of hydrogen-bond acceptors (Lipinski definition) is 3. The maximum absolute atomic E-state index is 8.73. The fourth-order valence-electron chi connectivity index (χ4n) is 3.21. The van der Waals surface area contributed by atoms with Crippen molar-refractivity contribution >= 4 is 23.8 Å². The van der Waals surface area contributed by atoms with E-state index in [4.69, 9.17) is 13.9 Å². The molecule has 0 radical (unpaired) electrons. The van der Waals surface area contributed by atoms with Crippen LogP contribution in [0.4, 0.5) is 0 Å². The van der Waals surface area contributed by atoms with Gasteiger partial charge in [0.2, 0.25) is 0 Å². The van der Waals surface area contributed by atoms with Crippen LogP contribution in [0.5, 0.6) is 0 Å². The normalized spacial score (nSPS) is 12.2. The summed E-state index contributed by atoms with van der Waals surface area (Å²) in [5, 5.41) is 8.73. The van der Waals surface area contributed by atoms with Crippen molar-refractivity contribution in [3.63, 3.8) is 0 Å². The average molecular weight is 355 g/mol. The van der Waals surface area contributed by atoms with Crippen LogP contribution in [0.15, 0.2) is 0 Å². The standard InChI is InChI=1S/C17H38BNO2Si2/c1-7-22(8-2,9-3)20-18(16-14-13-15-17-19)21-23(10-4,11-5)12-6/h7-16H2,1-6H3. The summed E-state index contributed by atoms with van der Waals surface area (Å²) in [7, 11) is -3.35. The summed E-state index contributed by atoms with van der Waals surface area (Å²) in [6, 6.07) is 9.22. The van der Waals surface area contributed by atoms with Gasteiger partial charge < -0.3 is 8.69 Å². The van der Waals surface area contributed by atoms with Gasteiger partial charge >= 0.3 is 7.12 Å². The Hall–Kier alpha value is -0.0913. The van der Waals surface area contributed by atoms with Crippen LogP contribution in [0, 0.1) is 11.3 Å². The largest absolute Gasteiger partial charge is 0.453 e. The molecule has 3 nitrogen and oxygen atoms in total. The predicted octanol–water partition coefficient (Wildman–Crippen LogP) is 6.21. The maximum atomic E-state index is 8.73. The van der Waals surface area contributed by atoms with Gasteiger partial charge in [0.15, 0.2) is 16.6 Å². The first-order valence-corrected chi connectivity index (χ1v) is 14.8. The second kappa shape index (κ2) is 12.3. The van der Waals surface area contributed by atoms with Crippen LogP contribution in [0.25, 0.3) is 0 Å². The number of nitrogens with zero attached hydrogens (tertiary/aromatic N) is 1. The van der Waals surface area contributed by atoms with E-state index in [1.54, 1.807) is 0 Å². The Morgan fingerprint density at radius 3 is 1.43 bits per heavy atom. The summed E-state index contributed by atoms with van der Waals surface area (Å²) < 4.78 is 13.4. The topological polar surface area (TPSA) is 42.2 Å². The van der Waals surface area contributed by atoms with E-state index in [1.165, 1.54) is 0 Å². The molecule has 0 aromatic rings. The maximum Gasteiger partial charge on any atom is 0.435 e. The smallest absolute Gasteiger partial charge is 0.435 e. The van der Waals surface area contributed by atoms with Crippen molar-refractivity contribution in [3.05, 3.63) is 0 Å². The van der Waals surface area contributed by atoms with Crippen molar-refractivity contribution in [2.45, 2.75) is 103 Å². The molecule has 0 saturated carbocycles. The molecular weight excluding hydrogens is 317 g/mol. The Morgan fingerprint density at radius 2 is 1.13 bits per heavy atom. The molecule has 0 heterocycles. The van der Waals surface area contributed by atoms with E-state index in [9.17, 15) is 0 Å². The minimum absolute atomic E-state index is 0.0354. The zero-order valence-electron chi connectivity index (χ0n) is 16.4. The molecule has 0 spiro atoms. The van der Waals surface area contributed by atoms with Crippen LogP contribution in [0.3, 0.4) is 0 Å². The van der Waals surface area contributed by atoms with E-state index in [-0.39, 0.29) is 7.12 Å². The van der Waals surface area contributed by atoms with Crippen molar-refractivity contribution in [1.29, 1.82) is 5.26 Å². The summed E-state index contributed by atoms with van der Waals surface area (Å²) in [6.45, 7) is 13.6. The second-order valence-corrected chi connectivity index (χ2v) is 16.0. The van der Waals surface area contributed by atoms with Crippen molar-refractivity contribution < 1.29 is 8.69 Å². The van der Waals surface area contributed by atoms with Gasteiger partial charge in [-0.05, 0) is 49.0 Å². The molecule has 134 valence electrons. The van der Waals surface area contributed by atoms with Gasteiger partial charge in [-0.15, -0.1) is 0 Å². The first-order chi connectivity index (χ1) is 11.0. The van der Waals surface area contributed by atoms with Gasteiger partial charge in [-0.1, -0.05) is 48.0 Å². The van der Waals surface area contributed by atoms with Crippen molar-refractivity contribution in [2.24, 2.45) is 0 Å². The Balaban J connectivity index is 5.03. The molecule has 0 amide bonds. The third-order valence-electron chi connectivity index (χ3n) is 5.61. The van der Waals surface area contributed by atoms with Crippen LogP contribution in [0.1, 0.15) is 60.8 Å². The summed E-state index contributed by atoms with van der Waals surface area (Å²) in [5.74, 6) is 0. The fraction of sp³-hybridized carbons (Fsp3) is 0.941. The SMILES string of the molecule is CC[Si](CC)(CC)OB(CCCCC#N)O[Si](CC)(CC)CC. The molecule has 0 atom stereocenters. The van der Waals surface area contributed by atoms with Gasteiger partial charge in [-0.2, -0.15) is 5.26 Å².